The van der Waals surface area contributed by atoms with Crippen LogP contribution in [0.4, 0.5) is 5.69 Å². The molecule has 4 aromatic carbocycles. The molecule has 33 heavy (non-hydrogen) atoms. The van der Waals surface area contributed by atoms with Crippen molar-refractivity contribution in [1.29, 1.82) is 0 Å². The Bertz CT molecular complexity index is 1140. The number of hydrogen-bond acceptors (Lipinski definition) is 3. The lowest BCUT2D eigenvalue weighted by atomic mass is 9.93. The van der Waals surface area contributed by atoms with Gasteiger partial charge >= 0.3 is 0 Å². The van der Waals surface area contributed by atoms with E-state index in [1.54, 1.807) is 7.11 Å². The van der Waals surface area contributed by atoms with E-state index in [4.69, 9.17) is 9.47 Å². The van der Waals surface area contributed by atoms with E-state index in [-0.39, 0.29) is 6.04 Å². The van der Waals surface area contributed by atoms with E-state index in [1.807, 2.05) is 36.4 Å². The Morgan fingerprint density at radius 1 is 0.758 bits per heavy atom. The van der Waals surface area contributed by atoms with Crippen molar-refractivity contribution in [2.45, 2.75) is 25.8 Å². The van der Waals surface area contributed by atoms with Crippen molar-refractivity contribution in [3.63, 3.8) is 0 Å². The minimum atomic E-state index is -0.109. The first-order valence-corrected chi connectivity index (χ1v) is 11.6. The lowest BCUT2D eigenvalue weighted by Crippen LogP contribution is -2.15. The second-order valence-corrected chi connectivity index (χ2v) is 7.98. The highest BCUT2D eigenvalue weighted by atomic mass is 16.5. The van der Waals surface area contributed by atoms with Gasteiger partial charge in [0.2, 0.25) is 0 Å². The maximum atomic E-state index is 6.49. The van der Waals surface area contributed by atoms with Gasteiger partial charge in [-0.25, -0.2) is 0 Å². The van der Waals surface area contributed by atoms with Crippen LogP contribution >= 0.6 is 0 Å². The number of benzene rings is 4. The molecule has 0 saturated heterocycles. The first kappa shape index (κ1) is 22.5. The summed E-state index contributed by atoms with van der Waals surface area (Å²) in [6.45, 7) is 2.87. The van der Waals surface area contributed by atoms with Gasteiger partial charge in [-0.15, -0.1) is 0 Å². The molecule has 4 aromatic rings. The Hall–Kier alpha value is -3.72. The van der Waals surface area contributed by atoms with Crippen molar-refractivity contribution < 1.29 is 9.47 Å². The van der Waals surface area contributed by atoms with Crippen molar-refractivity contribution in [3.05, 3.63) is 114 Å². The smallest absolute Gasteiger partial charge is 0.141 e. The van der Waals surface area contributed by atoms with Crippen LogP contribution in [0.2, 0.25) is 0 Å². The second-order valence-electron chi connectivity index (χ2n) is 7.98. The van der Waals surface area contributed by atoms with Crippen LogP contribution in [0.5, 0.6) is 11.5 Å². The van der Waals surface area contributed by atoms with E-state index < -0.39 is 0 Å². The molecule has 1 N–H and O–H groups in total. The molecular weight excluding hydrogens is 406 g/mol. The fraction of sp³-hybridized carbons (Fsp3) is 0.200. The van der Waals surface area contributed by atoms with Gasteiger partial charge in [0.1, 0.15) is 11.5 Å². The first-order chi connectivity index (χ1) is 16.3. The largest absolute Gasteiger partial charge is 0.495 e. The summed E-state index contributed by atoms with van der Waals surface area (Å²) in [6, 6.07) is 35.3. The molecule has 0 radical (unpaired) electrons. The number of hydrogen-bond donors (Lipinski definition) is 1. The van der Waals surface area contributed by atoms with Crippen molar-refractivity contribution in [2.24, 2.45) is 0 Å². The van der Waals surface area contributed by atoms with Gasteiger partial charge in [-0.05, 0) is 29.7 Å². The standard InChI is InChI=1S/C30H31NO2/c1-3-4-22-33-30-25(23-14-7-5-8-15-23)18-13-19-26(30)29(24-16-9-6-10-17-24)31-27-20-11-12-21-28(27)32-2/h5-21,29,31H,3-4,22H2,1-2H3. The van der Waals surface area contributed by atoms with Crippen molar-refractivity contribution >= 4 is 5.69 Å². The van der Waals surface area contributed by atoms with E-state index in [0.717, 1.165) is 52.3 Å². The minimum Gasteiger partial charge on any atom is -0.495 e. The summed E-state index contributed by atoms with van der Waals surface area (Å²) in [5.41, 5.74) is 5.46. The minimum absolute atomic E-state index is 0.109. The number of methoxy groups -OCH3 is 1. The van der Waals surface area contributed by atoms with Crippen LogP contribution in [-0.4, -0.2) is 13.7 Å². The molecule has 0 aliphatic rings. The molecular formula is C30H31NO2. The molecule has 1 atom stereocenters. The molecule has 3 nitrogen and oxygen atoms in total. The van der Waals surface area contributed by atoms with Crippen LogP contribution in [0.3, 0.4) is 0 Å². The number of unbranched alkanes of at least 4 members (excludes halogenated alkanes) is 1. The zero-order chi connectivity index (χ0) is 22.9. The predicted molar refractivity (Wildman–Crippen MR) is 137 cm³/mol. The lowest BCUT2D eigenvalue weighted by Gasteiger charge is -2.26. The highest BCUT2D eigenvalue weighted by Gasteiger charge is 2.22. The third-order valence-corrected chi connectivity index (χ3v) is 5.73. The molecule has 0 aliphatic carbocycles. The second kappa shape index (κ2) is 11.2. The fourth-order valence-corrected chi connectivity index (χ4v) is 4.01. The molecule has 0 amide bonds. The van der Waals surface area contributed by atoms with Crippen molar-refractivity contribution in [2.75, 3.05) is 19.0 Å². The van der Waals surface area contributed by atoms with E-state index in [1.165, 1.54) is 0 Å². The molecule has 3 heteroatoms. The summed E-state index contributed by atoms with van der Waals surface area (Å²) < 4.78 is 12.1. The lowest BCUT2D eigenvalue weighted by molar-refractivity contribution is 0.307. The number of nitrogens with one attached hydrogen (secondary N) is 1. The Morgan fingerprint density at radius 2 is 1.45 bits per heavy atom. The van der Waals surface area contributed by atoms with Gasteiger partial charge in [0.25, 0.3) is 0 Å². The Balaban J connectivity index is 1.85. The van der Waals surface area contributed by atoms with E-state index in [9.17, 15) is 0 Å². The Morgan fingerprint density at radius 3 is 2.18 bits per heavy atom. The van der Waals surface area contributed by atoms with E-state index in [0.29, 0.717) is 6.61 Å². The highest BCUT2D eigenvalue weighted by molar-refractivity contribution is 5.73. The number of anilines is 1. The van der Waals surface area contributed by atoms with Crippen LogP contribution in [0.15, 0.2) is 103 Å². The number of rotatable bonds is 10. The van der Waals surface area contributed by atoms with Crippen LogP contribution in [0.25, 0.3) is 11.1 Å². The van der Waals surface area contributed by atoms with E-state index in [2.05, 4.69) is 79.0 Å². The van der Waals surface area contributed by atoms with Crippen LogP contribution in [0.1, 0.15) is 36.9 Å². The fourth-order valence-electron chi connectivity index (χ4n) is 4.01. The van der Waals surface area contributed by atoms with Gasteiger partial charge in [-0.1, -0.05) is 104 Å². The summed E-state index contributed by atoms with van der Waals surface area (Å²) >= 11 is 0. The first-order valence-electron chi connectivity index (χ1n) is 11.6. The molecule has 0 bridgehead atoms. The van der Waals surface area contributed by atoms with Gasteiger partial charge in [-0.2, -0.15) is 0 Å². The molecule has 0 spiro atoms. The molecule has 4 rings (SSSR count). The topological polar surface area (TPSA) is 30.5 Å². The van der Waals surface area contributed by atoms with E-state index >= 15 is 0 Å². The Labute approximate surface area is 197 Å². The number of para-hydroxylation sites is 3. The monoisotopic (exact) mass is 437 g/mol. The summed E-state index contributed by atoms with van der Waals surface area (Å²) in [7, 11) is 1.70. The maximum Gasteiger partial charge on any atom is 0.141 e. The molecule has 0 aliphatic heterocycles. The Kier molecular flexibility index (Phi) is 7.65. The molecule has 0 heterocycles. The predicted octanol–water partition coefficient (Wildman–Crippen LogP) is 7.74. The summed E-state index contributed by atoms with van der Waals surface area (Å²) in [6.07, 6.45) is 2.10. The summed E-state index contributed by atoms with van der Waals surface area (Å²) in [5.74, 6) is 1.74. The van der Waals surface area contributed by atoms with Gasteiger partial charge in [-0.3, -0.25) is 0 Å². The summed E-state index contributed by atoms with van der Waals surface area (Å²) in [4.78, 5) is 0. The third-order valence-electron chi connectivity index (χ3n) is 5.73. The molecule has 1 unspecified atom stereocenters. The average Bonchev–Trinajstić information content (AvgIpc) is 2.89. The van der Waals surface area contributed by atoms with Gasteiger partial charge < -0.3 is 14.8 Å². The number of ether oxygens (including phenoxy) is 2. The third kappa shape index (κ3) is 5.38. The molecule has 0 aromatic heterocycles. The van der Waals surface area contributed by atoms with Crippen LogP contribution in [-0.2, 0) is 0 Å². The van der Waals surface area contributed by atoms with Crippen LogP contribution < -0.4 is 14.8 Å². The molecule has 0 saturated carbocycles. The average molecular weight is 438 g/mol. The van der Waals surface area contributed by atoms with Gasteiger partial charge in [0.05, 0.1) is 25.4 Å². The van der Waals surface area contributed by atoms with Gasteiger partial charge in [0, 0.05) is 11.1 Å². The highest BCUT2D eigenvalue weighted by Crippen LogP contribution is 2.41. The normalized spacial score (nSPS) is 11.6. The van der Waals surface area contributed by atoms with Crippen molar-refractivity contribution in [1.82, 2.24) is 0 Å². The quantitative estimate of drug-likeness (QED) is 0.257. The molecule has 0 fully saturated rings. The van der Waals surface area contributed by atoms with Crippen LogP contribution in [0, 0.1) is 0 Å². The van der Waals surface area contributed by atoms with Crippen molar-refractivity contribution in [3.8, 4) is 22.6 Å². The van der Waals surface area contributed by atoms with Gasteiger partial charge in [0.15, 0.2) is 0 Å². The maximum absolute atomic E-state index is 6.49. The summed E-state index contributed by atoms with van der Waals surface area (Å²) in [5, 5.41) is 3.74. The molecule has 168 valence electrons. The SMILES string of the molecule is CCCCOc1c(-c2ccccc2)cccc1C(Nc1ccccc1OC)c1ccccc1. The zero-order valence-electron chi connectivity index (χ0n) is 19.3. The zero-order valence-corrected chi connectivity index (χ0v) is 19.3.